The van der Waals surface area contributed by atoms with Gasteiger partial charge in [-0.25, -0.2) is 0 Å². The van der Waals surface area contributed by atoms with Crippen molar-refractivity contribution in [3.05, 3.63) is 18.0 Å². The minimum atomic E-state index is -0.132. The van der Waals surface area contributed by atoms with Crippen molar-refractivity contribution in [2.75, 3.05) is 13.7 Å². The summed E-state index contributed by atoms with van der Waals surface area (Å²) in [5.74, 6) is -0.132. The molecule has 0 bridgehead atoms. The number of hydrogen-bond acceptors (Lipinski definition) is 5. The van der Waals surface area contributed by atoms with E-state index in [-0.39, 0.29) is 12.0 Å². The van der Waals surface area contributed by atoms with Crippen LogP contribution in [0, 0.1) is 0 Å². The third kappa shape index (κ3) is 3.30. The Morgan fingerprint density at radius 1 is 1.65 bits per heavy atom. The molecule has 5 heteroatoms. The Bertz CT molecular complexity index is 351. The highest BCUT2D eigenvalue weighted by Gasteiger charge is 2.25. The maximum atomic E-state index is 11.3. The number of rotatable bonds is 4. The zero-order valence-corrected chi connectivity index (χ0v) is 10.1. The minimum absolute atomic E-state index is 0.132. The molecule has 0 saturated carbocycles. The number of esters is 1. The number of carbonyl (C=O) groups excluding carboxylic acids is 1. The Balaban J connectivity index is 1.94. The summed E-state index contributed by atoms with van der Waals surface area (Å²) in [6, 6.07) is 0.283. The number of likely N-dealkylation sites (tertiary alicyclic amines) is 1. The molecule has 0 aromatic carbocycles. The van der Waals surface area contributed by atoms with Crippen molar-refractivity contribution in [3.8, 4) is 0 Å². The number of ether oxygens (including phenoxy) is 1. The molecule has 1 atom stereocenters. The third-order valence-corrected chi connectivity index (χ3v) is 3.25. The average molecular weight is 238 g/mol. The van der Waals surface area contributed by atoms with Gasteiger partial charge in [0, 0.05) is 18.2 Å². The molecule has 1 saturated heterocycles. The predicted molar refractivity (Wildman–Crippen MR) is 61.2 cm³/mol. The van der Waals surface area contributed by atoms with Crippen molar-refractivity contribution >= 4 is 5.97 Å². The van der Waals surface area contributed by atoms with Crippen LogP contribution in [0.2, 0.25) is 0 Å². The second kappa shape index (κ2) is 5.82. The lowest BCUT2D eigenvalue weighted by Gasteiger charge is -2.34. The molecule has 94 valence electrons. The summed E-state index contributed by atoms with van der Waals surface area (Å²) in [6.07, 6.45) is 7.28. The van der Waals surface area contributed by atoms with E-state index in [0.29, 0.717) is 6.42 Å². The first kappa shape index (κ1) is 12.1. The number of aromatic nitrogens is 1. The fraction of sp³-hybridized carbons (Fsp3) is 0.667. The van der Waals surface area contributed by atoms with E-state index in [0.717, 1.165) is 25.1 Å². The molecule has 1 fully saturated rings. The van der Waals surface area contributed by atoms with Gasteiger partial charge in [-0.3, -0.25) is 9.69 Å². The van der Waals surface area contributed by atoms with E-state index in [1.165, 1.54) is 20.0 Å². The van der Waals surface area contributed by atoms with Crippen LogP contribution in [-0.4, -0.2) is 35.7 Å². The van der Waals surface area contributed by atoms with E-state index >= 15 is 0 Å². The van der Waals surface area contributed by atoms with Gasteiger partial charge in [0.2, 0.25) is 0 Å². The van der Waals surface area contributed by atoms with Crippen LogP contribution in [0.5, 0.6) is 0 Å². The number of carbonyl (C=O) groups is 1. The Kier molecular flexibility index (Phi) is 4.14. The van der Waals surface area contributed by atoms with Crippen LogP contribution >= 0.6 is 0 Å². The molecule has 1 aliphatic rings. The lowest BCUT2D eigenvalue weighted by molar-refractivity contribution is -0.142. The molecule has 0 aliphatic carbocycles. The van der Waals surface area contributed by atoms with E-state index in [2.05, 4.69) is 10.1 Å². The van der Waals surface area contributed by atoms with Crippen LogP contribution in [0.4, 0.5) is 0 Å². The van der Waals surface area contributed by atoms with E-state index in [9.17, 15) is 4.79 Å². The second-order valence-corrected chi connectivity index (χ2v) is 4.43. The lowest BCUT2D eigenvalue weighted by atomic mass is 9.99. The van der Waals surface area contributed by atoms with Crippen LogP contribution in [0.3, 0.4) is 0 Å². The number of nitrogens with zero attached hydrogens (tertiary/aromatic N) is 2. The Hall–Kier alpha value is -1.36. The van der Waals surface area contributed by atoms with Crippen molar-refractivity contribution in [1.29, 1.82) is 0 Å². The van der Waals surface area contributed by atoms with Gasteiger partial charge in [-0.2, -0.15) is 0 Å². The number of hydrogen-bond donors (Lipinski definition) is 0. The van der Waals surface area contributed by atoms with Crippen LogP contribution < -0.4 is 0 Å². The largest absolute Gasteiger partial charge is 0.469 e. The molecule has 0 spiro atoms. The van der Waals surface area contributed by atoms with Crippen LogP contribution in [0.1, 0.15) is 31.2 Å². The zero-order chi connectivity index (χ0) is 12.1. The summed E-state index contributed by atoms with van der Waals surface area (Å²) in [6.45, 7) is 1.82. The van der Waals surface area contributed by atoms with Crippen molar-refractivity contribution in [2.24, 2.45) is 0 Å². The summed E-state index contributed by atoms with van der Waals surface area (Å²) in [4.78, 5) is 13.7. The molecular formula is C12H18N2O3. The molecule has 2 heterocycles. The van der Waals surface area contributed by atoms with Gasteiger partial charge in [-0.1, -0.05) is 11.6 Å². The third-order valence-electron chi connectivity index (χ3n) is 3.25. The molecule has 0 N–H and O–H groups in total. The van der Waals surface area contributed by atoms with Crippen LogP contribution in [-0.2, 0) is 16.1 Å². The van der Waals surface area contributed by atoms with Crippen LogP contribution in [0.15, 0.2) is 17.0 Å². The monoisotopic (exact) mass is 238 g/mol. The SMILES string of the molecule is COC(=O)CC1CCCCN1Cc1cnoc1. The summed E-state index contributed by atoms with van der Waals surface area (Å²) in [5.41, 5.74) is 1.06. The lowest BCUT2D eigenvalue weighted by Crippen LogP contribution is -2.40. The normalized spacial score (nSPS) is 21.4. The maximum Gasteiger partial charge on any atom is 0.307 e. The molecule has 5 nitrogen and oxygen atoms in total. The van der Waals surface area contributed by atoms with Gasteiger partial charge in [0.15, 0.2) is 0 Å². The number of methoxy groups -OCH3 is 1. The Labute approximate surface area is 101 Å². The highest BCUT2D eigenvalue weighted by molar-refractivity contribution is 5.69. The fourth-order valence-electron chi connectivity index (χ4n) is 2.31. The summed E-state index contributed by atoms with van der Waals surface area (Å²) < 4.78 is 9.57. The highest BCUT2D eigenvalue weighted by atomic mass is 16.5. The van der Waals surface area contributed by atoms with Gasteiger partial charge in [0.25, 0.3) is 0 Å². The summed E-state index contributed by atoms with van der Waals surface area (Å²) in [7, 11) is 1.44. The Morgan fingerprint density at radius 3 is 3.24 bits per heavy atom. The number of piperidine rings is 1. The molecule has 0 amide bonds. The first-order valence-corrected chi connectivity index (χ1v) is 5.98. The summed E-state index contributed by atoms with van der Waals surface area (Å²) in [5, 5.41) is 3.70. The van der Waals surface area contributed by atoms with Gasteiger partial charge in [-0.05, 0) is 19.4 Å². The maximum absolute atomic E-state index is 11.3. The first-order valence-electron chi connectivity index (χ1n) is 5.98. The van der Waals surface area contributed by atoms with Crippen molar-refractivity contribution < 1.29 is 14.1 Å². The van der Waals surface area contributed by atoms with Crippen molar-refractivity contribution in [1.82, 2.24) is 10.1 Å². The van der Waals surface area contributed by atoms with Crippen molar-refractivity contribution in [3.63, 3.8) is 0 Å². The van der Waals surface area contributed by atoms with Gasteiger partial charge in [-0.15, -0.1) is 0 Å². The van der Waals surface area contributed by atoms with Crippen LogP contribution in [0.25, 0.3) is 0 Å². The molecular weight excluding hydrogens is 220 g/mol. The minimum Gasteiger partial charge on any atom is -0.469 e. The highest BCUT2D eigenvalue weighted by Crippen LogP contribution is 2.22. The molecule has 1 aromatic rings. The smallest absolute Gasteiger partial charge is 0.307 e. The van der Waals surface area contributed by atoms with Gasteiger partial charge in [0.05, 0.1) is 19.7 Å². The standard InChI is InChI=1S/C12H18N2O3/c1-16-12(15)6-11-4-2-3-5-14(11)8-10-7-13-17-9-10/h7,9,11H,2-6,8H2,1H3. The Morgan fingerprint density at radius 2 is 2.53 bits per heavy atom. The van der Waals surface area contributed by atoms with E-state index in [4.69, 9.17) is 9.26 Å². The second-order valence-electron chi connectivity index (χ2n) is 4.43. The molecule has 2 rings (SSSR count). The van der Waals surface area contributed by atoms with Gasteiger partial charge >= 0.3 is 5.97 Å². The average Bonchev–Trinajstić information content (AvgIpc) is 2.84. The van der Waals surface area contributed by atoms with E-state index in [1.807, 2.05) is 0 Å². The zero-order valence-electron chi connectivity index (χ0n) is 10.1. The molecule has 0 radical (unpaired) electrons. The van der Waals surface area contributed by atoms with E-state index in [1.54, 1.807) is 12.5 Å². The molecule has 1 aromatic heterocycles. The molecule has 1 aliphatic heterocycles. The predicted octanol–water partition coefficient (Wildman–Crippen LogP) is 1.59. The first-order chi connectivity index (χ1) is 8.29. The van der Waals surface area contributed by atoms with E-state index < -0.39 is 0 Å². The molecule has 1 unspecified atom stereocenters. The van der Waals surface area contributed by atoms with Gasteiger partial charge in [0.1, 0.15) is 6.26 Å². The quantitative estimate of drug-likeness (QED) is 0.746. The topological polar surface area (TPSA) is 55.6 Å². The summed E-state index contributed by atoms with van der Waals surface area (Å²) >= 11 is 0. The fourth-order valence-corrected chi connectivity index (χ4v) is 2.31. The van der Waals surface area contributed by atoms with Crippen molar-refractivity contribution in [2.45, 2.75) is 38.3 Å². The van der Waals surface area contributed by atoms with Gasteiger partial charge < -0.3 is 9.26 Å². The molecule has 17 heavy (non-hydrogen) atoms.